The summed E-state index contributed by atoms with van der Waals surface area (Å²) in [5.74, 6) is -1.01. The van der Waals surface area contributed by atoms with Gasteiger partial charge < -0.3 is 15.3 Å². The smallest absolute Gasteiger partial charge is 0.323 e. The third kappa shape index (κ3) is 4.62. The van der Waals surface area contributed by atoms with Crippen molar-refractivity contribution in [2.75, 3.05) is 18.4 Å². The molecule has 2 N–H and O–H groups in total. The Kier molecular flexibility index (Phi) is 5.85. The van der Waals surface area contributed by atoms with Crippen molar-refractivity contribution in [1.82, 2.24) is 4.90 Å². The predicted molar refractivity (Wildman–Crippen MR) is 74.3 cm³/mol. The summed E-state index contributed by atoms with van der Waals surface area (Å²) in [6, 6.07) is 7.19. The molecule has 0 aliphatic rings. The van der Waals surface area contributed by atoms with Gasteiger partial charge in [-0.05, 0) is 25.0 Å². The number of likely N-dealkylation sites (N-methyl/N-ethyl adjacent to an activating group) is 1. The van der Waals surface area contributed by atoms with E-state index >= 15 is 0 Å². The van der Waals surface area contributed by atoms with Gasteiger partial charge in [-0.15, -0.1) is 0 Å². The van der Waals surface area contributed by atoms with Crippen LogP contribution in [0.2, 0.25) is 0 Å². The van der Waals surface area contributed by atoms with Crippen molar-refractivity contribution in [1.29, 1.82) is 0 Å². The van der Waals surface area contributed by atoms with Gasteiger partial charge in [-0.3, -0.25) is 4.79 Å². The van der Waals surface area contributed by atoms with Crippen molar-refractivity contribution < 1.29 is 14.7 Å². The number of benzene rings is 1. The summed E-state index contributed by atoms with van der Waals surface area (Å²) in [4.78, 5) is 23.9. The number of carboxylic acids is 1. The van der Waals surface area contributed by atoms with Gasteiger partial charge in [0.1, 0.15) is 6.54 Å². The molecule has 0 saturated heterocycles. The third-order valence-corrected chi connectivity index (χ3v) is 2.77. The van der Waals surface area contributed by atoms with E-state index in [2.05, 4.69) is 12.2 Å². The highest BCUT2D eigenvalue weighted by Gasteiger charge is 2.15. The van der Waals surface area contributed by atoms with Crippen LogP contribution < -0.4 is 5.32 Å². The number of hydrogen-bond acceptors (Lipinski definition) is 2. The Morgan fingerprint density at radius 2 is 1.95 bits per heavy atom. The van der Waals surface area contributed by atoms with E-state index < -0.39 is 5.97 Å². The summed E-state index contributed by atoms with van der Waals surface area (Å²) in [6.07, 6.45) is 1.86. The number of hydrogen-bond donors (Lipinski definition) is 2. The molecule has 5 nitrogen and oxygen atoms in total. The standard InChI is InChI=1S/C14H20N2O3/c1-3-7-11-8-5-6-9-12(11)15-14(19)16(4-2)10-13(17)18/h5-6,8-9H,3-4,7,10H2,1-2H3,(H,15,19)(H,17,18). The second-order valence-electron chi connectivity index (χ2n) is 4.25. The van der Waals surface area contributed by atoms with Crippen molar-refractivity contribution in [2.24, 2.45) is 0 Å². The van der Waals surface area contributed by atoms with E-state index in [1.54, 1.807) is 6.92 Å². The molecule has 0 radical (unpaired) electrons. The van der Waals surface area contributed by atoms with Gasteiger partial charge in [-0.25, -0.2) is 4.79 Å². The highest BCUT2D eigenvalue weighted by Crippen LogP contribution is 2.17. The summed E-state index contributed by atoms with van der Waals surface area (Å²) in [5, 5.41) is 11.5. The van der Waals surface area contributed by atoms with E-state index in [1.165, 1.54) is 4.90 Å². The maximum Gasteiger partial charge on any atom is 0.323 e. The number of nitrogens with zero attached hydrogens (tertiary/aromatic N) is 1. The Balaban J connectivity index is 2.77. The molecule has 19 heavy (non-hydrogen) atoms. The van der Waals surface area contributed by atoms with Gasteiger partial charge in [0.2, 0.25) is 0 Å². The van der Waals surface area contributed by atoms with Crippen molar-refractivity contribution in [3.05, 3.63) is 29.8 Å². The number of urea groups is 1. The van der Waals surface area contributed by atoms with Crippen molar-refractivity contribution >= 4 is 17.7 Å². The molecule has 0 spiro atoms. The second-order valence-corrected chi connectivity index (χ2v) is 4.25. The number of aryl methyl sites for hydroxylation is 1. The second kappa shape index (κ2) is 7.41. The number of carboxylic acid groups (broad SMARTS) is 1. The molecule has 0 aliphatic heterocycles. The van der Waals surface area contributed by atoms with E-state index in [0.717, 1.165) is 24.1 Å². The predicted octanol–water partition coefficient (Wildman–Crippen LogP) is 2.58. The average Bonchev–Trinajstić information content (AvgIpc) is 2.38. The topological polar surface area (TPSA) is 69.6 Å². The summed E-state index contributed by atoms with van der Waals surface area (Å²) < 4.78 is 0. The largest absolute Gasteiger partial charge is 0.480 e. The minimum atomic E-state index is -1.01. The first-order valence-electron chi connectivity index (χ1n) is 6.44. The summed E-state index contributed by atoms with van der Waals surface area (Å²) in [7, 11) is 0. The van der Waals surface area contributed by atoms with Gasteiger partial charge in [0.05, 0.1) is 0 Å². The lowest BCUT2D eigenvalue weighted by Crippen LogP contribution is -2.38. The number of nitrogens with one attached hydrogen (secondary N) is 1. The summed E-state index contributed by atoms with van der Waals surface area (Å²) in [5.41, 5.74) is 1.81. The van der Waals surface area contributed by atoms with Gasteiger partial charge in [0.15, 0.2) is 0 Å². The molecule has 0 atom stereocenters. The van der Waals surface area contributed by atoms with Crippen LogP contribution in [0.25, 0.3) is 0 Å². The molecular weight excluding hydrogens is 244 g/mol. The maximum absolute atomic E-state index is 12.0. The van der Waals surface area contributed by atoms with Crippen molar-refractivity contribution in [3.63, 3.8) is 0 Å². The lowest BCUT2D eigenvalue weighted by atomic mass is 10.1. The molecule has 0 unspecified atom stereocenters. The van der Waals surface area contributed by atoms with Crippen LogP contribution >= 0.6 is 0 Å². The van der Waals surface area contributed by atoms with Crippen LogP contribution in [0, 0.1) is 0 Å². The van der Waals surface area contributed by atoms with Crippen LogP contribution in [0.15, 0.2) is 24.3 Å². The molecule has 2 amide bonds. The molecule has 104 valence electrons. The number of anilines is 1. The Hall–Kier alpha value is -2.04. The van der Waals surface area contributed by atoms with E-state index in [0.29, 0.717) is 6.54 Å². The van der Waals surface area contributed by atoms with E-state index in [9.17, 15) is 9.59 Å². The lowest BCUT2D eigenvalue weighted by Gasteiger charge is -2.20. The Bertz CT molecular complexity index is 446. The molecule has 0 fully saturated rings. The molecule has 0 aromatic heterocycles. The van der Waals surface area contributed by atoms with Crippen LogP contribution in [-0.4, -0.2) is 35.1 Å². The van der Waals surface area contributed by atoms with Crippen LogP contribution in [-0.2, 0) is 11.2 Å². The van der Waals surface area contributed by atoms with E-state index in [1.807, 2.05) is 24.3 Å². The van der Waals surface area contributed by atoms with Gasteiger partial charge in [0.25, 0.3) is 0 Å². The number of para-hydroxylation sites is 1. The first-order chi connectivity index (χ1) is 9.08. The van der Waals surface area contributed by atoms with Crippen LogP contribution in [0.5, 0.6) is 0 Å². The SMILES string of the molecule is CCCc1ccccc1NC(=O)N(CC)CC(=O)O. The highest BCUT2D eigenvalue weighted by molar-refractivity contribution is 5.92. The molecule has 1 aromatic rings. The Morgan fingerprint density at radius 1 is 1.26 bits per heavy atom. The monoisotopic (exact) mass is 264 g/mol. The minimum absolute atomic E-state index is 0.293. The maximum atomic E-state index is 12.0. The number of amides is 2. The van der Waals surface area contributed by atoms with Gasteiger partial charge in [0, 0.05) is 12.2 Å². The zero-order valence-corrected chi connectivity index (χ0v) is 11.3. The fraction of sp³-hybridized carbons (Fsp3) is 0.429. The van der Waals surface area contributed by atoms with Crippen molar-refractivity contribution in [3.8, 4) is 0 Å². The van der Waals surface area contributed by atoms with Crippen LogP contribution in [0.4, 0.5) is 10.5 Å². The molecule has 1 rings (SSSR count). The average molecular weight is 264 g/mol. The minimum Gasteiger partial charge on any atom is -0.480 e. The lowest BCUT2D eigenvalue weighted by molar-refractivity contribution is -0.137. The van der Waals surface area contributed by atoms with E-state index in [-0.39, 0.29) is 12.6 Å². The molecule has 1 aromatic carbocycles. The molecule has 0 bridgehead atoms. The number of rotatable bonds is 6. The third-order valence-electron chi connectivity index (χ3n) is 2.77. The Morgan fingerprint density at radius 3 is 2.53 bits per heavy atom. The fourth-order valence-corrected chi connectivity index (χ4v) is 1.81. The summed E-state index contributed by atoms with van der Waals surface area (Å²) >= 11 is 0. The first-order valence-corrected chi connectivity index (χ1v) is 6.44. The zero-order valence-electron chi connectivity index (χ0n) is 11.3. The molecule has 0 heterocycles. The highest BCUT2D eigenvalue weighted by atomic mass is 16.4. The number of aliphatic carboxylic acids is 1. The van der Waals surface area contributed by atoms with Gasteiger partial charge >= 0.3 is 12.0 Å². The summed E-state index contributed by atoms with van der Waals surface area (Å²) in [6.45, 7) is 3.88. The molecule has 5 heteroatoms. The van der Waals surface area contributed by atoms with E-state index in [4.69, 9.17) is 5.11 Å². The first kappa shape index (κ1) is 15.0. The van der Waals surface area contributed by atoms with Crippen LogP contribution in [0.1, 0.15) is 25.8 Å². The van der Waals surface area contributed by atoms with Crippen molar-refractivity contribution in [2.45, 2.75) is 26.7 Å². The molecular formula is C14H20N2O3. The van der Waals surface area contributed by atoms with Crippen LogP contribution in [0.3, 0.4) is 0 Å². The number of carbonyl (C=O) groups is 2. The fourth-order valence-electron chi connectivity index (χ4n) is 1.81. The molecule has 0 saturated carbocycles. The Labute approximate surface area is 113 Å². The number of carbonyl (C=O) groups excluding carboxylic acids is 1. The quantitative estimate of drug-likeness (QED) is 0.829. The van der Waals surface area contributed by atoms with Gasteiger partial charge in [-0.1, -0.05) is 31.5 Å². The normalized spacial score (nSPS) is 10.0. The van der Waals surface area contributed by atoms with Gasteiger partial charge in [-0.2, -0.15) is 0 Å². The molecule has 0 aliphatic carbocycles. The zero-order chi connectivity index (χ0) is 14.3.